The second-order valence-electron chi connectivity index (χ2n) is 16.1. The lowest BCUT2D eigenvalue weighted by Crippen LogP contribution is -2.10. The molecule has 1 nitrogen and oxygen atoms in total. The van der Waals surface area contributed by atoms with Gasteiger partial charge in [-0.25, -0.2) is 0 Å². The zero-order valence-electron chi connectivity index (χ0n) is 34.7. The molecule has 0 fully saturated rings. The lowest BCUT2D eigenvalue weighted by molar-refractivity contribution is 1.28. The van der Waals surface area contributed by atoms with Crippen molar-refractivity contribution in [3.8, 4) is 0 Å². The quantitative estimate of drug-likeness (QED) is 0.164. The summed E-state index contributed by atoms with van der Waals surface area (Å²) < 4.78 is 0. The predicted octanol–water partition coefficient (Wildman–Crippen LogP) is 17.3. The van der Waals surface area contributed by atoms with Gasteiger partial charge in [0, 0.05) is 46.4 Å². The molecule has 0 bridgehead atoms. The largest absolute Gasteiger partial charge is 0.311 e. The molecule has 0 aromatic heterocycles. The number of rotatable bonds is 6. The second kappa shape index (κ2) is 16.6. The van der Waals surface area contributed by atoms with Crippen molar-refractivity contribution < 1.29 is 0 Å². The number of anilines is 3. The summed E-state index contributed by atoms with van der Waals surface area (Å²) in [7, 11) is 0. The summed E-state index contributed by atoms with van der Waals surface area (Å²) >= 11 is 5.55. The van der Waals surface area contributed by atoms with Crippen molar-refractivity contribution in [3.63, 3.8) is 0 Å². The van der Waals surface area contributed by atoms with E-state index in [-0.39, 0.29) is 0 Å². The van der Waals surface area contributed by atoms with Gasteiger partial charge in [0.2, 0.25) is 0 Å². The average Bonchev–Trinajstić information content (AvgIpc) is 3.35. The fourth-order valence-corrected chi connectivity index (χ4v) is 12.4. The Morgan fingerprint density at radius 1 is 0.234 bits per heavy atom. The van der Waals surface area contributed by atoms with Crippen LogP contribution < -0.4 is 4.90 Å². The summed E-state index contributed by atoms with van der Waals surface area (Å²) in [6, 6.07) is 79.6. The van der Waals surface area contributed by atoms with Crippen LogP contribution in [0, 0.1) is 0 Å². The molecular formula is C60H39NS3. The summed E-state index contributed by atoms with van der Waals surface area (Å²) in [5.41, 5.74) is 18.2. The summed E-state index contributed by atoms with van der Waals surface area (Å²) in [6.07, 6.45) is 7.03. The Hall–Kier alpha value is -6.95. The number of hydrogen-bond acceptors (Lipinski definition) is 4. The second-order valence-corrected chi connectivity index (χ2v) is 19.3. The maximum absolute atomic E-state index is 2.37. The molecule has 0 amide bonds. The first-order valence-electron chi connectivity index (χ1n) is 21.6. The highest BCUT2D eigenvalue weighted by atomic mass is 32.2. The topological polar surface area (TPSA) is 3.24 Å². The van der Waals surface area contributed by atoms with Crippen LogP contribution in [0.1, 0.15) is 50.1 Å². The van der Waals surface area contributed by atoms with E-state index in [2.05, 4.69) is 242 Å². The maximum Gasteiger partial charge on any atom is 0.0462 e. The monoisotopic (exact) mass is 869 g/mol. The standard InChI is InChI=1S/C60H39NS3/c1-7-19-55-46(13-1)52(47-14-2-8-20-56(47)62-55)37-40-25-31-43(32-26-40)61(44-33-27-41(28-34-44)38-53-48-15-3-9-21-57(48)63-58-22-10-4-16-49(53)58)45-35-29-42(30-36-45)39-54-50-17-5-11-23-59(50)64-60-24-12-6-18-51(54)60/h1-39H. The molecule has 302 valence electrons. The van der Waals surface area contributed by atoms with Crippen LogP contribution in [0.5, 0.6) is 0 Å². The molecule has 0 N–H and O–H groups in total. The van der Waals surface area contributed by atoms with Gasteiger partial charge in [0.25, 0.3) is 0 Å². The third-order valence-electron chi connectivity index (χ3n) is 12.1. The molecule has 0 spiro atoms. The van der Waals surface area contributed by atoms with E-state index in [1.165, 1.54) is 79.5 Å². The molecule has 3 heterocycles. The van der Waals surface area contributed by atoms with Crippen LogP contribution in [0.3, 0.4) is 0 Å². The highest BCUT2D eigenvalue weighted by Gasteiger charge is 2.23. The molecule has 0 saturated carbocycles. The van der Waals surface area contributed by atoms with E-state index in [0.717, 1.165) is 33.8 Å². The Kier molecular flexibility index (Phi) is 10.1. The minimum absolute atomic E-state index is 1.10. The molecule has 0 saturated heterocycles. The van der Waals surface area contributed by atoms with Crippen LogP contribution in [0.25, 0.3) is 34.9 Å². The molecule has 0 unspecified atom stereocenters. The normalized spacial score (nSPS) is 13.0. The van der Waals surface area contributed by atoms with Crippen LogP contribution in [0.2, 0.25) is 0 Å². The van der Waals surface area contributed by atoms with Crippen LogP contribution >= 0.6 is 35.3 Å². The molecule has 3 aliphatic heterocycles. The minimum Gasteiger partial charge on any atom is -0.311 e. The van der Waals surface area contributed by atoms with Crippen molar-refractivity contribution in [1.29, 1.82) is 0 Å². The molecule has 9 aromatic carbocycles. The molecule has 64 heavy (non-hydrogen) atoms. The maximum atomic E-state index is 2.37. The van der Waals surface area contributed by atoms with Crippen molar-refractivity contribution in [1.82, 2.24) is 0 Å². The average molecular weight is 870 g/mol. The summed E-state index contributed by atoms with van der Waals surface area (Å²) in [6.45, 7) is 0. The van der Waals surface area contributed by atoms with Crippen LogP contribution in [0.15, 0.2) is 248 Å². The molecular weight excluding hydrogens is 831 g/mol. The van der Waals surface area contributed by atoms with E-state index < -0.39 is 0 Å². The number of nitrogens with zero attached hydrogens (tertiary/aromatic N) is 1. The third kappa shape index (κ3) is 7.24. The highest BCUT2D eigenvalue weighted by molar-refractivity contribution is 8.00. The van der Waals surface area contributed by atoms with Crippen molar-refractivity contribution in [2.75, 3.05) is 4.90 Å². The molecule has 0 radical (unpaired) electrons. The minimum atomic E-state index is 1.10. The van der Waals surface area contributed by atoms with Crippen molar-refractivity contribution in [3.05, 3.63) is 268 Å². The molecule has 9 aromatic rings. The predicted molar refractivity (Wildman–Crippen MR) is 273 cm³/mol. The highest BCUT2D eigenvalue weighted by Crippen LogP contribution is 2.49. The van der Waals surface area contributed by atoms with E-state index in [4.69, 9.17) is 0 Å². The number of benzene rings is 9. The van der Waals surface area contributed by atoms with Gasteiger partial charge in [-0.15, -0.1) is 0 Å². The van der Waals surface area contributed by atoms with Crippen molar-refractivity contribution in [2.24, 2.45) is 0 Å². The molecule has 3 aliphatic rings. The Balaban J connectivity index is 0.931. The zero-order valence-corrected chi connectivity index (χ0v) is 37.1. The van der Waals surface area contributed by atoms with Gasteiger partial charge in [-0.05, 0) is 158 Å². The Labute approximate surface area is 387 Å². The SMILES string of the molecule is C(=C1c2ccccc2Sc2ccccc21)c1ccc(N(c2ccc(C=C3c4ccccc4Sc4ccccc43)cc2)c2ccc(C=C3c4ccccc4Sc4ccccc43)cc2)cc1. The van der Waals surface area contributed by atoms with Crippen LogP contribution in [-0.4, -0.2) is 0 Å². The van der Waals surface area contributed by atoms with Crippen LogP contribution in [0.4, 0.5) is 17.1 Å². The van der Waals surface area contributed by atoms with Crippen LogP contribution in [-0.2, 0) is 0 Å². The molecule has 0 aliphatic carbocycles. The lowest BCUT2D eigenvalue weighted by atomic mass is 9.94. The Morgan fingerprint density at radius 3 is 0.656 bits per heavy atom. The van der Waals surface area contributed by atoms with Gasteiger partial charge in [0.15, 0.2) is 0 Å². The van der Waals surface area contributed by atoms with E-state index in [0.29, 0.717) is 0 Å². The number of fused-ring (bicyclic) bond motifs is 6. The van der Waals surface area contributed by atoms with Gasteiger partial charge in [-0.2, -0.15) is 0 Å². The van der Waals surface area contributed by atoms with Gasteiger partial charge in [0.1, 0.15) is 0 Å². The Morgan fingerprint density at radius 2 is 0.438 bits per heavy atom. The molecule has 0 atom stereocenters. The van der Waals surface area contributed by atoms with Gasteiger partial charge in [-0.3, -0.25) is 0 Å². The van der Waals surface area contributed by atoms with Gasteiger partial charge < -0.3 is 4.90 Å². The first kappa shape index (κ1) is 38.7. The fraction of sp³-hybridized carbons (Fsp3) is 0. The van der Waals surface area contributed by atoms with Gasteiger partial charge in [0.05, 0.1) is 0 Å². The van der Waals surface area contributed by atoms with Gasteiger partial charge >= 0.3 is 0 Å². The summed E-state index contributed by atoms with van der Waals surface area (Å²) in [5, 5.41) is 0. The zero-order chi connectivity index (χ0) is 42.4. The fourth-order valence-electron chi connectivity index (χ4n) is 9.03. The first-order chi connectivity index (χ1) is 31.7. The Bertz CT molecular complexity index is 2840. The van der Waals surface area contributed by atoms with E-state index >= 15 is 0 Å². The first-order valence-corrected chi connectivity index (χ1v) is 24.0. The van der Waals surface area contributed by atoms with E-state index in [9.17, 15) is 0 Å². The van der Waals surface area contributed by atoms with Crippen molar-refractivity contribution in [2.45, 2.75) is 29.4 Å². The van der Waals surface area contributed by atoms with E-state index in [1.54, 1.807) is 0 Å². The molecule has 12 rings (SSSR count). The summed E-state index contributed by atoms with van der Waals surface area (Å²) in [4.78, 5) is 10.1. The lowest BCUT2D eigenvalue weighted by Gasteiger charge is -2.26. The number of hydrogen-bond donors (Lipinski definition) is 0. The van der Waals surface area contributed by atoms with E-state index in [1.807, 2.05) is 35.3 Å². The smallest absolute Gasteiger partial charge is 0.0462 e. The van der Waals surface area contributed by atoms with Crippen molar-refractivity contribution >= 4 is 87.3 Å². The third-order valence-corrected chi connectivity index (χ3v) is 15.6. The summed E-state index contributed by atoms with van der Waals surface area (Å²) in [5.74, 6) is 0. The van der Waals surface area contributed by atoms with Gasteiger partial charge in [-0.1, -0.05) is 181 Å². The molecule has 4 heteroatoms.